The zero-order chi connectivity index (χ0) is 10.9. The minimum atomic E-state index is 0.312. The minimum Gasteiger partial charge on any atom is -0.467 e. The molecule has 0 aromatic carbocycles. The van der Waals surface area contributed by atoms with Crippen molar-refractivity contribution in [3.05, 3.63) is 22.6 Å². The molecule has 1 aromatic rings. The van der Waals surface area contributed by atoms with Gasteiger partial charge in [0, 0.05) is 6.61 Å². The Kier molecular flexibility index (Phi) is 6.72. The fourth-order valence-electron chi connectivity index (χ4n) is 1.37. The van der Waals surface area contributed by atoms with Crippen LogP contribution in [0.15, 0.2) is 21.2 Å². The molecule has 4 heteroatoms. The lowest BCUT2D eigenvalue weighted by Gasteiger charge is -2.02. The van der Waals surface area contributed by atoms with Crippen molar-refractivity contribution in [3.63, 3.8) is 0 Å². The van der Waals surface area contributed by atoms with Crippen LogP contribution >= 0.6 is 15.9 Å². The molecule has 0 saturated heterocycles. The van der Waals surface area contributed by atoms with Crippen molar-refractivity contribution < 1.29 is 9.52 Å². The summed E-state index contributed by atoms with van der Waals surface area (Å²) < 4.78 is 6.29. The van der Waals surface area contributed by atoms with E-state index in [0.717, 1.165) is 42.6 Å². The number of aliphatic hydroxyl groups excluding tert-OH is 1. The minimum absolute atomic E-state index is 0.312. The largest absolute Gasteiger partial charge is 0.467 e. The number of nitrogens with one attached hydrogen (secondary N) is 1. The third-order valence-electron chi connectivity index (χ3n) is 2.24. The maximum Gasteiger partial charge on any atom is 0.131 e. The fourth-order valence-corrected chi connectivity index (χ4v) is 1.71. The molecule has 0 unspecified atom stereocenters. The van der Waals surface area contributed by atoms with Gasteiger partial charge in [0.25, 0.3) is 0 Å². The van der Waals surface area contributed by atoms with E-state index < -0.39 is 0 Å². The average Bonchev–Trinajstić information content (AvgIpc) is 2.63. The molecule has 0 aliphatic carbocycles. The van der Waals surface area contributed by atoms with E-state index in [-0.39, 0.29) is 0 Å². The Bertz CT molecular complexity index is 263. The van der Waals surface area contributed by atoms with Crippen LogP contribution in [0.25, 0.3) is 0 Å². The van der Waals surface area contributed by atoms with Crippen molar-refractivity contribution in [1.29, 1.82) is 0 Å². The van der Waals surface area contributed by atoms with Crippen LogP contribution in [0.5, 0.6) is 0 Å². The van der Waals surface area contributed by atoms with Crippen LogP contribution in [0.1, 0.15) is 31.4 Å². The third-order valence-corrected chi connectivity index (χ3v) is 2.94. The van der Waals surface area contributed by atoms with E-state index in [1.165, 1.54) is 6.42 Å². The van der Waals surface area contributed by atoms with Gasteiger partial charge in [-0.2, -0.15) is 0 Å². The third kappa shape index (κ3) is 5.35. The van der Waals surface area contributed by atoms with Crippen molar-refractivity contribution in [2.24, 2.45) is 0 Å². The van der Waals surface area contributed by atoms with Gasteiger partial charge in [0.05, 0.1) is 17.3 Å². The van der Waals surface area contributed by atoms with E-state index in [2.05, 4.69) is 21.2 Å². The summed E-state index contributed by atoms with van der Waals surface area (Å²) in [7, 11) is 0. The Morgan fingerprint density at radius 2 is 2.07 bits per heavy atom. The molecule has 1 aromatic heterocycles. The molecule has 0 radical (unpaired) electrons. The number of aliphatic hydroxyl groups is 1. The highest BCUT2D eigenvalue weighted by atomic mass is 79.9. The van der Waals surface area contributed by atoms with Gasteiger partial charge in [0.1, 0.15) is 5.76 Å². The molecule has 0 fully saturated rings. The molecule has 2 N–H and O–H groups in total. The van der Waals surface area contributed by atoms with Gasteiger partial charge in [0.15, 0.2) is 0 Å². The Morgan fingerprint density at radius 1 is 1.27 bits per heavy atom. The molecule has 1 rings (SSSR count). The highest BCUT2D eigenvalue weighted by Crippen LogP contribution is 2.16. The Labute approximate surface area is 99.0 Å². The SMILES string of the molecule is OCCCCCCNCc1occc1Br. The second kappa shape index (κ2) is 7.91. The molecular formula is C11H18BrNO2. The molecule has 0 bridgehead atoms. The van der Waals surface area contributed by atoms with Gasteiger partial charge in [-0.1, -0.05) is 12.8 Å². The molecule has 1 heterocycles. The molecule has 0 atom stereocenters. The molecule has 3 nitrogen and oxygen atoms in total. The Balaban J connectivity index is 1.96. The highest BCUT2D eigenvalue weighted by molar-refractivity contribution is 9.10. The molecule has 0 saturated carbocycles. The lowest BCUT2D eigenvalue weighted by molar-refractivity contribution is 0.282. The normalized spacial score (nSPS) is 10.8. The smallest absolute Gasteiger partial charge is 0.131 e. The lowest BCUT2D eigenvalue weighted by Crippen LogP contribution is -2.14. The summed E-state index contributed by atoms with van der Waals surface area (Å²) in [6, 6.07) is 1.90. The van der Waals surface area contributed by atoms with Crippen LogP contribution in [0.3, 0.4) is 0 Å². The van der Waals surface area contributed by atoms with Crippen LogP contribution in [0.4, 0.5) is 0 Å². The van der Waals surface area contributed by atoms with Crippen molar-refractivity contribution in [2.45, 2.75) is 32.2 Å². The van der Waals surface area contributed by atoms with E-state index >= 15 is 0 Å². The second-order valence-corrected chi connectivity index (χ2v) is 4.36. The van der Waals surface area contributed by atoms with Crippen molar-refractivity contribution in [3.8, 4) is 0 Å². The first-order valence-electron chi connectivity index (χ1n) is 5.38. The van der Waals surface area contributed by atoms with E-state index in [0.29, 0.717) is 6.61 Å². The first-order valence-corrected chi connectivity index (χ1v) is 6.17. The van der Waals surface area contributed by atoms with Gasteiger partial charge in [-0.15, -0.1) is 0 Å². The van der Waals surface area contributed by atoms with Gasteiger partial charge in [0.2, 0.25) is 0 Å². The van der Waals surface area contributed by atoms with Gasteiger partial charge in [-0.05, 0) is 41.4 Å². The predicted molar refractivity (Wildman–Crippen MR) is 63.7 cm³/mol. The van der Waals surface area contributed by atoms with Gasteiger partial charge in [-0.25, -0.2) is 0 Å². The zero-order valence-electron chi connectivity index (χ0n) is 8.84. The van der Waals surface area contributed by atoms with Gasteiger partial charge >= 0.3 is 0 Å². The zero-order valence-corrected chi connectivity index (χ0v) is 10.4. The number of furan rings is 1. The van der Waals surface area contributed by atoms with Crippen LogP contribution < -0.4 is 5.32 Å². The van der Waals surface area contributed by atoms with E-state index in [1.54, 1.807) is 6.26 Å². The van der Waals surface area contributed by atoms with Crippen LogP contribution in [0.2, 0.25) is 0 Å². The van der Waals surface area contributed by atoms with E-state index in [9.17, 15) is 0 Å². The van der Waals surface area contributed by atoms with Crippen molar-refractivity contribution in [2.75, 3.05) is 13.2 Å². The van der Waals surface area contributed by atoms with Crippen LogP contribution in [0, 0.1) is 0 Å². The molecule has 86 valence electrons. The average molecular weight is 276 g/mol. The summed E-state index contributed by atoms with van der Waals surface area (Å²) in [6.45, 7) is 2.08. The Hall–Kier alpha value is -0.320. The lowest BCUT2D eigenvalue weighted by atomic mass is 10.2. The first kappa shape index (κ1) is 12.7. The van der Waals surface area contributed by atoms with Gasteiger partial charge < -0.3 is 14.8 Å². The van der Waals surface area contributed by atoms with Crippen molar-refractivity contribution in [1.82, 2.24) is 5.32 Å². The molecule has 0 aliphatic rings. The maximum absolute atomic E-state index is 8.59. The summed E-state index contributed by atoms with van der Waals surface area (Å²) >= 11 is 3.41. The van der Waals surface area contributed by atoms with Gasteiger partial charge in [-0.3, -0.25) is 0 Å². The van der Waals surface area contributed by atoms with E-state index in [1.807, 2.05) is 6.07 Å². The highest BCUT2D eigenvalue weighted by Gasteiger charge is 2.01. The molecular weight excluding hydrogens is 258 g/mol. The molecule has 0 amide bonds. The number of rotatable bonds is 8. The molecule has 0 aliphatic heterocycles. The first-order chi connectivity index (χ1) is 7.34. The molecule has 0 spiro atoms. The number of halogens is 1. The van der Waals surface area contributed by atoms with Crippen LogP contribution in [-0.2, 0) is 6.54 Å². The quantitative estimate of drug-likeness (QED) is 0.717. The summed E-state index contributed by atoms with van der Waals surface area (Å²) in [4.78, 5) is 0. The van der Waals surface area contributed by atoms with Crippen LogP contribution in [-0.4, -0.2) is 18.3 Å². The summed E-state index contributed by atoms with van der Waals surface area (Å²) in [5.74, 6) is 0.949. The van der Waals surface area contributed by atoms with E-state index in [4.69, 9.17) is 9.52 Å². The standard InChI is InChI=1S/C11H18BrNO2/c12-10-5-8-15-11(10)9-13-6-3-1-2-4-7-14/h5,8,13-14H,1-4,6-7,9H2. The number of hydrogen-bond acceptors (Lipinski definition) is 3. The molecule has 15 heavy (non-hydrogen) atoms. The Morgan fingerprint density at radius 3 is 2.73 bits per heavy atom. The fraction of sp³-hybridized carbons (Fsp3) is 0.636. The monoisotopic (exact) mass is 275 g/mol. The maximum atomic E-state index is 8.59. The predicted octanol–water partition coefficient (Wildman–Crippen LogP) is 2.68. The second-order valence-electron chi connectivity index (χ2n) is 3.51. The topological polar surface area (TPSA) is 45.4 Å². The summed E-state index contributed by atoms with van der Waals surface area (Å²) in [6.07, 6.45) is 6.04. The summed E-state index contributed by atoms with van der Waals surface area (Å²) in [5, 5.41) is 11.9. The van der Waals surface area contributed by atoms with Crippen molar-refractivity contribution >= 4 is 15.9 Å². The number of unbranched alkanes of at least 4 members (excludes halogenated alkanes) is 3. The number of hydrogen-bond donors (Lipinski definition) is 2. The summed E-state index contributed by atoms with van der Waals surface area (Å²) in [5.41, 5.74) is 0.